The fourth-order valence-corrected chi connectivity index (χ4v) is 1.29. The maximum absolute atomic E-state index is 5.55. The van der Waals surface area contributed by atoms with Crippen molar-refractivity contribution < 1.29 is 9.47 Å². The quantitative estimate of drug-likeness (QED) is 0.667. The summed E-state index contributed by atoms with van der Waals surface area (Å²) in [6, 6.07) is 9.79. The van der Waals surface area contributed by atoms with Gasteiger partial charge in [0.15, 0.2) is 6.29 Å². The minimum Gasteiger partial charge on any atom is -0.465 e. The molecule has 0 N–H and O–H groups in total. The molecule has 1 fully saturated rings. The van der Waals surface area contributed by atoms with E-state index in [4.69, 9.17) is 9.47 Å². The predicted molar refractivity (Wildman–Crippen MR) is 46.0 cm³/mol. The van der Waals surface area contributed by atoms with E-state index in [2.05, 4.69) is 0 Å². The smallest absolute Gasteiger partial charge is 0.199 e. The van der Waals surface area contributed by atoms with Gasteiger partial charge >= 0.3 is 0 Å². The van der Waals surface area contributed by atoms with Crippen molar-refractivity contribution >= 4 is 0 Å². The first-order valence-corrected chi connectivity index (χ1v) is 4.28. The fraction of sp³-hybridized carbons (Fsp3) is 0.400. The lowest BCUT2D eigenvalue weighted by Crippen LogP contribution is -2.13. The number of hydrogen-bond acceptors (Lipinski definition) is 2. The van der Waals surface area contributed by atoms with Crippen LogP contribution >= 0.6 is 0 Å². The molecule has 1 heterocycles. The van der Waals surface area contributed by atoms with E-state index >= 15 is 0 Å². The van der Waals surface area contributed by atoms with Crippen molar-refractivity contribution in [2.24, 2.45) is 0 Å². The summed E-state index contributed by atoms with van der Waals surface area (Å²) >= 11 is 0. The minimum atomic E-state index is -0.0209. The van der Waals surface area contributed by atoms with Gasteiger partial charge in [0, 0.05) is 6.42 Å². The third-order valence-electron chi connectivity index (χ3n) is 1.90. The van der Waals surface area contributed by atoms with Crippen molar-refractivity contribution in [1.82, 2.24) is 0 Å². The zero-order chi connectivity index (χ0) is 8.23. The molecule has 1 aromatic carbocycles. The first-order chi connectivity index (χ1) is 5.95. The summed E-state index contributed by atoms with van der Waals surface area (Å²) < 4.78 is 10.9. The van der Waals surface area contributed by atoms with Crippen LogP contribution in [0.2, 0.25) is 0 Å². The second-order valence-corrected chi connectivity index (χ2v) is 2.87. The zero-order valence-electron chi connectivity index (χ0n) is 6.90. The first kappa shape index (κ1) is 7.62. The molecule has 0 bridgehead atoms. The molecule has 2 rings (SSSR count). The Hall–Kier alpha value is -1.02. The summed E-state index contributed by atoms with van der Waals surface area (Å²) in [4.78, 5) is 0. The van der Waals surface area contributed by atoms with E-state index in [0.29, 0.717) is 0 Å². The molecule has 12 heavy (non-hydrogen) atoms. The summed E-state index contributed by atoms with van der Waals surface area (Å²) in [6.07, 6.45) is 2.10. The van der Waals surface area contributed by atoms with E-state index in [0.717, 1.165) is 25.2 Å². The number of ether oxygens (including phenoxy) is 2. The Morgan fingerprint density at radius 1 is 1.25 bits per heavy atom. The molecule has 0 spiro atoms. The third-order valence-corrected chi connectivity index (χ3v) is 1.90. The molecule has 1 saturated heterocycles. The Balaban J connectivity index is 1.94. The van der Waals surface area contributed by atoms with Gasteiger partial charge in [-0.15, -0.1) is 0 Å². The predicted octanol–water partition coefficient (Wildman–Crippen LogP) is 2.20. The summed E-state index contributed by atoms with van der Waals surface area (Å²) in [5, 5.41) is 0. The lowest BCUT2D eigenvalue weighted by Gasteiger charge is -2.11. The summed E-state index contributed by atoms with van der Waals surface area (Å²) in [5.74, 6) is 0.893. The van der Waals surface area contributed by atoms with E-state index in [-0.39, 0.29) is 6.29 Å². The highest BCUT2D eigenvalue weighted by molar-refractivity contribution is 5.21. The number of benzene rings is 1. The maximum atomic E-state index is 5.55. The van der Waals surface area contributed by atoms with Crippen LogP contribution < -0.4 is 4.74 Å². The van der Waals surface area contributed by atoms with Crippen LogP contribution in [0.4, 0.5) is 0 Å². The molecular weight excluding hydrogens is 152 g/mol. The molecule has 0 amide bonds. The lowest BCUT2D eigenvalue weighted by atomic mass is 10.3. The van der Waals surface area contributed by atoms with Crippen molar-refractivity contribution in [1.29, 1.82) is 0 Å². The van der Waals surface area contributed by atoms with Gasteiger partial charge in [-0.2, -0.15) is 0 Å². The van der Waals surface area contributed by atoms with Crippen molar-refractivity contribution in [3.63, 3.8) is 0 Å². The Kier molecular flexibility index (Phi) is 2.28. The largest absolute Gasteiger partial charge is 0.465 e. The van der Waals surface area contributed by atoms with Crippen molar-refractivity contribution in [3.05, 3.63) is 30.3 Å². The second-order valence-electron chi connectivity index (χ2n) is 2.87. The van der Waals surface area contributed by atoms with Crippen LogP contribution in [-0.4, -0.2) is 12.9 Å². The van der Waals surface area contributed by atoms with Gasteiger partial charge in [-0.3, -0.25) is 0 Å². The van der Waals surface area contributed by atoms with Gasteiger partial charge in [0.25, 0.3) is 0 Å². The molecule has 64 valence electrons. The maximum Gasteiger partial charge on any atom is 0.199 e. The SMILES string of the molecule is c1ccc(O[C@H]2CCCO2)cc1. The number of hydrogen-bond donors (Lipinski definition) is 0. The normalized spacial score (nSPS) is 22.5. The summed E-state index contributed by atoms with van der Waals surface area (Å²) in [6.45, 7) is 0.831. The Morgan fingerprint density at radius 3 is 2.75 bits per heavy atom. The second kappa shape index (κ2) is 3.59. The summed E-state index contributed by atoms with van der Waals surface area (Å²) in [7, 11) is 0. The van der Waals surface area contributed by atoms with Crippen molar-refractivity contribution in [2.75, 3.05) is 6.61 Å². The highest BCUT2D eigenvalue weighted by Crippen LogP contribution is 2.18. The molecule has 1 atom stereocenters. The van der Waals surface area contributed by atoms with Crippen LogP contribution in [-0.2, 0) is 4.74 Å². The number of para-hydroxylation sites is 1. The van der Waals surface area contributed by atoms with Gasteiger partial charge in [0.1, 0.15) is 5.75 Å². The average Bonchev–Trinajstić information content (AvgIpc) is 2.59. The molecule has 0 unspecified atom stereocenters. The number of rotatable bonds is 2. The third kappa shape index (κ3) is 1.77. The fourth-order valence-electron chi connectivity index (χ4n) is 1.29. The topological polar surface area (TPSA) is 18.5 Å². The van der Waals surface area contributed by atoms with E-state index in [9.17, 15) is 0 Å². The van der Waals surface area contributed by atoms with Gasteiger partial charge in [-0.05, 0) is 18.6 Å². The van der Waals surface area contributed by atoms with Gasteiger partial charge in [0.05, 0.1) is 6.61 Å². The van der Waals surface area contributed by atoms with E-state index in [1.54, 1.807) is 0 Å². The van der Waals surface area contributed by atoms with Gasteiger partial charge < -0.3 is 9.47 Å². The molecule has 1 aliphatic heterocycles. The van der Waals surface area contributed by atoms with Crippen LogP contribution in [0, 0.1) is 0 Å². The van der Waals surface area contributed by atoms with Crippen LogP contribution in [0.5, 0.6) is 5.75 Å². The Bertz CT molecular complexity index is 227. The highest BCUT2D eigenvalue weighted by Gasteiger charge is 2.16. The average molecular weight is 164 g/mol. The van der Waals surface area contributed by atoms with E-state index < -0.39 is 0 Å². The molecule has 0 saturated carbocycles. The Labute approximate surface area is 72.1 Å². The molecule has 0 aromatic heterocycles. The molecule has 1 aliphatic rings. The van der Waals surface area contributed by atoms with E-state index in [1.807, 2.05) is 30.3 Å². The Morgan fingerprint density at radius 2 is 2.08 bits per heavy atom. The summed E-state index contributed by atoms with van der Waals surface area (Å²) in [5.41, 5.74) is 0. The van der Waals surface area contributed by atoms with Crippen LogP contribution in [0.3, 0.4) is 0 Å². The molecule has 2 nitrogen and oxygen atoms in total. The van der Waals surface area contributed by atoms with Gasteiger partial charge in [0.2, 0.25) is 0 Å². The molecule has 0 radical (unpaired) electrons. The standard InChI is InChI=1S/C10H12O2/c1-2-5-9(6-3-1)12-10-7-4-8-11-10/h1-3,5-6,10H,4,7-8H2/t10-/m0/s1. The van der Waals surface area contributed by atoms with Crippen LogP contribution in [0.1, 0.15) is 12.8 Å². The minimum absolute atomic E-state index is 0.0209. The van der Waals surface area contributed by atoms with Gasteiger partial charge in [-0.25, -0.2) is 0 Å². The molecular formula is C10H12O2. The van der Waals surface area contributed by atoms with E-state index in [1.165, 1.54) is 0 Å². The molecule has 0 aliphatic carbocycles. The van der Waals surface area contributed by atoms with Crippen molar-refractivity contribution in [2.45, 2.75) is 19.1 Å². The van der Waals surface area contributed by atoms with Gasteiger partial charge in [-0.1, -0.05) is 18.2 Å². The first-order valence-electron chi connectivity index (χ1n) is 4.28. The van der Waals surface area contributed by atoms with Crippen LogP contribution in [0.25, 0.3) is 0 Å². The highest BCUT2D eigenvalue weighted by atomic mass is 16.7. The lowest BCUT2D eigenvalue weighted by molar-refractivity contribution is -0.0390. The van der Waals surface area contributed by atoms with Crippen LogP contribution in [0.15, 0.2) is 30.3 Å². The zero-order valence-corrected chi connectivity index (χ0v) is 6.90. The van der Waals surface area contributed by atoms with Crippen molar-refractivity contribution in [3.8, 4) is 5.75 Å². The molecule has 1 aromatic rings. The molecule has 2 heteroatoms. The monoisotopic (exact) mass is 164 g/mol.